The standard InChI is InChI=1S/C12H14F2N2O2/c13-10-2-1-9(11(14)16-10)12(17)3-7-5-18-6-8(4-12)15-7/h1-2,7-8,15,17H,3-6H2. The number of aromatic nitrogens is 1. The monoisotopic (exact) mass is 256 g/mol. The number of nitrogens with zero attached hydrogens (tertiary/aromatic N) is 1. The van der Waals surface area contributed by atoms with Gasteiger partial charge >= 0.3 is 0 Å². The third-order valence-corrected chi connectivity index (χ3v) is 3.59. The van der Waals surface area contributed by atoms with Crippen LogP contribution in [0.3, 0.4) is 0 Å². The van der Waals surface area contributed by atoms with Crippen molar-refractivity contribution >= 4 is 0 Å². The van der Waals surface area contributed by atoms with Gasteiger partial charge in [0.25, 0.3) is 0 Å². The molecular weight excluding hydrogens is 242 g/mol. The number of hydrogen-bond acceptors (Lipinski definition) is 4. The number of rotatable bonds is 1. The summed E-state index contributed by atoms with van der Waals surface area (Å²) in [6, 6.07) is 2.34. The highest BCUT2D eigenvalue weighted by Crippen LogP contribution is 2.37. The Labute approximate surface area is 103 Å². The molecular formula is C12H14F2N2O2. The lowest BCUT2D eigenvalue weighted by Crippen LogP contribution is -2.58. The Morgan fingerprint density at radius 2 is 1.94 bits per heavy atom. The number of pyridine rings is 1. The molecule has 3 heterocycles. The average molecular weight is 256 g/mol. The minimum absolute atomic E-state index is 0.00745. The largest absolute Gasteiger partial charge is 0.385 e. The van der Waals surface area contributed by atoms with Gasteiger partial charge in [-0.15, -0.1) is 0 Å². The van der Waals surface area contributed by atoms with Crippen LogP contribution >= 0.6 is 0 Å². The molecule has 2 saturated heterocycles. The van der Waals surface area contributed by atoms with Crippen molar-refractivity contribution in [2.45, 2.75) is 30.5 Å². The lowest BCUT2D eigenvalue weighted by atomic mass is 9.78. The van der Waals surface area contributed by atoms with Crippen LogP contribution in [0.1, 0.15) is 18.4 Å². The number of fused-ring (bicyclic) bond motifs is 2. The van der Waals surface area contributed by atoms with Crippen molar-refractivity contribution in [2.24, 2.45) is 0 Å². The van der Waals surface area contributed by atoms with Gasteiger partial charge in [0.1, 0.15) is 0 Å². The first-order valence-electron chi connectivity index (χ1n) is 5.95. The smallest absolute Gasteiger partial charge is 0.221 e. The molecule has 0 aromatic carbocycles. The first-order chi connectivity index (χ1) is 8.57. The Morgan fingerprint density at radius 3 is 2.56 bits per heavy atom. The van der Waals surface area contributed by atoms with Crippen molar-refractivity contribution in [2.75, 3.05) is 13.2 Å². The van der Waals surface area contributed by atoms with Gasteiger partial charge in [-0.25, -0.2) is 0 Å². The van der Waals surface area contributed by atoms with Crippen molar-refractivity contribution in [1.29, 1.82) is 0 Å². The molecule has 1 aromatic heterocycles. The molecule has 0 saturated carbocycles. The maximum absolute atomic E-state index is 13.7. The summed E-state index contributed by atoms with van der Waals surface area (Å²) in [5.41, 5.74) is -1.22. The highest BCUT2D eigenvalue weighted by atomic mass is 19.1. The zero-order chi connectivity index (χ0) is 12.8. The van der Waals surface area contributed by atoms with Crippen LogP contribution in [0.5, 0.6) is 0 Å². The summed E-state index contributed by atoms with van der Waals surface area (Å²) >= 11 is 0. The molecule has 2 atom stereocenters. The molecule has 4 nitrogen and oxygen atoms in total. The molecule has 2 unspecified atom stereocenters. The summed E-state index contributed by atoms with van der Waals surface area (Å²) < 4.78 is 31.9. The minimum Gasteiger partial charge on any atom is -0.385 e. The van der Waals surface area contributed by atoms with E-state index in [9.17, 15) is 13.9 Å². The number of aliphatic hydroxyl groups is 1. The zero-order valence-electron chi connectivity index (χ0n) is 9.70. The van der Waals surface area contributed by atoms with E-state index < -0.39 is 17.5 Å². The van der Waals surface area contributed by atoms with Gasteiger partial charge in [0, 0.05) is 17.6 Å². The average Bonchev–Trinajstić information content (AvgIpc) is 2.27. The molecule has 0 spiro atoms. The fourth-order valence-electron chi connectivity index (χ4n) is 2.90. The van der Waals surface area contributed by atoms with E-state index >= 15 is 0 Å². The van der Waals surface area contributed by atoms with Crippen molar-refractivity contribution in [3.63, 3.8) is 0 Å². The fraction of sp³-hybridized carbons (Fsp3) is 0.583. The summed E-state index contributed by atoms with van der Waals surface area (Å²) in [6.07, 6.45) is 0.682. The van der Waals surface area contributed by atoms with Gasteiger partial charge in [-0.05, 0) is 25.0 Å². The predicted molar refractivity (Wildman–Crippen MR) is 58.8 cm³/mol. The Balaban J connectivity index is 1.94. The van der Waals surface area contributed by atoms with Crippen LogP contribution in [0.4, 0.5) is 8.78 Å². The lowest BCUT2D eigenvalue weighted by molar-refractivity contribution is -0.0821. The second kappa shape index (κ2) is 4.22. The van der Waals surface area contributed by atoms with Gasteiger partial charge in [0.15, 0.2) is 0 Å². The maximum Gasteiger partial charge on any atom is 0.221 e. The van der Waals surface area contributed by atoms with Crippen molar-refractivity contribution in [1.82, 2.24) is 10.3 Å². The van der Waals surface area contributed by atoms with E-state index in [1.807, 2.05) is 0 Å². The molecule has 18 heavy (non-hydrogen) atoms. The van der Waals surface area contributed by atoms with Gasteiger partial charge in [0.2, 0.25) is 11.9 Å². The van der Waals surface area contributed by atoms with E-state index in [1.165, 1.54) is 6.07 Å². The number of nitrogens with one attached hydrogen (secondary N) is 1. The van der Waals surface area contributed by atoms with Crippen molar-refractivity contribution in [3.8, 4) is 0 Å². The summed E-state index contributed by atoms with van der Waals surface area (Å²) in [4.78, 5) is 3.14. The summed E-state index contributed by atoms with van der Waals surface area (Å²) in [5.74, 6) is -1.81. The molecule has 1 aromatic rings. The summed E-state index contributed by atoms with van der Waals surface area (Å²) in [6.45, 7) is 0.990. The number of ether oxygens (including phenoxy) is 1. The van der Waals surface area contributed by atoms with E-state index in [1.54, 1.807) is 0 Å². The van der Waals surface area contributed by atoms with Crippen LogP contribution in [0.15, 0.2) is 12.1 Å². The highest BCUT2D eigenvalue weighted by Gasteiger charge is 2.44. The quantitative estimate of drug-likeness (QED) is 0.726. The van der Waals surface area contributed by atoms with Crippen LogP contribution in [0.25, 0.3) is 0 Å². The molecule has 98 valence electrons. The second-order valence-corrected chi connectivity index (χ2v) is 5.01. The molecule has 6 heteroatoms. The van der Waals surface area contributed by atoms with E-state index in [0.717, 1.165) is 6.07 Å². The normalized spacial score (nSPS) is 35.5. The Bertz CT molecular complexity index is 457. The molecule has 0 aliphatic carbocycles. The summed E-state index contributed by atoms with van der Waals surface area (Å²) in [7, 11) is 0. The van der Waals surface area contributed by atoms with Crippen LogP contribution in [0.2, 0.25) is 0 Å². The third kappa shape index (κ3) is 2.00. The van der Waals surface area contributed by atoms with E-state index in [-0.39, 0.29) is 17.6 Å². The minimum atomic E-state index is -1.30. The second-order valence-electron chi connectivity index (χ2n) is 5.01. The van der Waals surface area contributed by atoms with Crippen molar-refractivity contribution in [3.05, 3.63) is 29.6 Å². The van der Waals surface area contributed by atoms with Gasteiger partial charge in [-0.2, -0.15) is 13.8 Å². The van der Waals surface area contributed by atoms with Gasteiger partial charge in [-0.3, -0.25) is 0 Å². The molecule has 2 bridgehead atoms. The maximum atomic E-state index is 13.7. The first kappa shape index (κ1) is 12.0. The summed E-state index contributed by atoms with van der Waals surface area (Å²) in [5, 5.41) is 13.9. The zero-order valence-corrected chi connectivity index (χ0v) is 9.70. The molecule has 2 aliphatic heterocycles. The van der Waals surface area contributed by atoms with Crippen LogP contribution < -0.4 is 5.32 Å². The van der Waals surface area contributed by atoms with Crippen LogP contribution in [0, 0.1) is 11.9 Å². The van der Waals surface area contributed by atoms with Gasteiger partial charge in [0.05, 0.1) is 18.8 Å². The van der Waals surface area contributed by atoms with Gasteiger partial charge in [-0.1, -0.05) is 0 Å². The SMILES string of the molecule is OC1(c2ccc(F)nc2F)CC2COCC(C1)N2. The molecule has 2 aliphatic rings. The van der Waals surface area contributed by atoms with Crippen LogP contribution in [-0.2, 0) is 10.3 Å². The first-order valence-corrected chi connectivity index (χ1v) is 5.95. The van der Waals surface area contributed by atoms with Gasteiger partial charge < -0.3 is 15.2 Å². The Kier molecular flexibility index (Phi) is 2.80. The topological polar surface area (TPSA) is 54.4 Å². The lowest BCUT2D eigenvalue weighted by Gasteiger charge is -2.45. The molecule has 3 rings (SSSR count). The molecule has 0 amide bonds. The molecule has 2 N–H and O–H groups in total. The van der Waals surface area contributed by atoms with Crippen molar-refractivity contribution < 1.29 is 18.6 Å². The van der Waals surface area contributed by atoms with E-state index in [2.05, 4.69) is 10.3 Å². The number of piperidine rings is 1. The Hall–Kier alpha value is -1.11. The number of halogens is 2. The molecule has 0 radical (unpaired) electrons. The Morgan fingerprint density at radius 1 is 1.28 bits per heavy atom. The molecule has 2 fully saturated rings. The van der Waals surface area contributed by atoms with E-state index in [4.69, 9.17) is 4.74 Å². The number of morpholine rings is 1. The fourth-order valence-corrected chi connectivity index (χ4v) is 2.90. The number of hydrogen-bond donors (Lipinski definition) is 2. The predicted octanol–water partition coefficient (Wildman–Crippen LogP) is 0.698. The third-order valence-electron chi connectivity index (χ3n) is 3.59. The van der Waals surface area contributed by atoms with E-state index in [0.29, 0.717) is 26.1 Å². The highest BCUT2D eigenvalue weighted by molar-refractivity contribution is 5.22. The van der Waals surface area contributed by atoms with Crippen LogP contribution in [-0.4, -0.2) is 35.4 Å².